The van der Waals surface area contributed by atoms with Crippen LogP contribution in [0.3, 0.4) is 0 Å². The first kappa shape index (κ1) is 16.6. The normalized spacial score (nSPS) is 16.3. The molecule has 1 atom stereocenters. The van der Waals surface area contributed by atoms with Crippen molar-refractivity contribution in [2.45, 2.75) is 18.8 Å². The molecule has 1 aliphatic carbocycles. The van der Waals surface area contributed by atoms with Crippen molar-refractivity contribution in [3.63, 3.8) is 0 Å². The number of nitrogen functional groups attached to an aromatic ring is 1. The lowest BCUT2D eigenvalue weighted by Crippen LogP contribution is -2.21. The summed E-state index contributed by atoms with van der Waals surface area (Å²) in [5.41, 5.74) is 10.7. The van der Waals surface area contributed by atoms with E-state index in [9.17, 15) is 9.18 Å². The van der Waals surface area contributed by atoms with Gasteiger partial charge in [0.25, 0.3) is 0 Å². The Morgan fingerprint density at radius 1 is 1.04 bits per heavy atom. The van der Waals surface area contributed by atoms with Gasteiger partial charge in [-0.25, -0.2) is 9.37 Å². The molecule has 0 fully saturated rings. The van der Waals surface area contributed by atoms with Crippen LogP contribution < -0.4 is 5.73 Å². The third-order valence-corrected chi connectivity index (χ3v) is 5.29. The first-order valence-electron chi connectivity index (χ1n) is 9.12. The van der Waals surface area contributed by atoms with Crippen molar-refractivity contribution < 1.29 is 9.18 Å². The topological polar surface area (TPSA) is 73.3 Å². The summed E-state index contributed by atoms with van der Waals surface area (Å²) < 4.78 is 14.8. The molecule has 0 spiro atoms. The average Bonchev–Trinajstić information content (AvgIpc) is 3.04. The second-order valence-electron chi connectivity index (χ2n) is 7.07. The van der Waals surface area contributed by atoms with Crippen LogP contribution >= 0.6 is 0 Å². The minimum absolute atomic E-state index is 0.0242. The molecule has 0 saturated carbocycles. The molecule has 0 aliphatic heterocycles. The van der Waals surface area contributed by atoms with E-state index in [1.165, 1.54) is 12.1 Å². The predicted octanol–water partition coefficient (Wildman–Crippen LogP) is 4.03. The summed E-state index contributed by atoms with van der Waals surface area (Å²) in [7, 11) is 0. The van der Waals surface area contributed by atoms with Crippen molar-refractivity contribution in [1.82, 2.24) is 14.6 Å². The van der Waals surface area contributed by atoms with Crippen LogP contribution in [0.15, 0.2) is 60.7 Å². The Kier molecular flexibility index (Phi) is 3.72. The van der Waals surface area contributed by atoms with E-state index < -0.39 is 0 Å². The van der Waals surface area contributed by atoms with Crippen LogP contribution in [0.5, 0.6) is 0 Å². The SMILES string of the molecule is Nc1nc(-c2ccccc2)c2cc3c(nn12)C[C@H](c1ccc(F)cc1)CC3=O. The summed E-state index contributed by atoms with van der Waals surface area (Å²) in [5.74, 6) is 0.00649. The van der Waals surface area contributed by atoms with E-state index in [1.54, 1.807) is 16.6 Å². The van der Waals surface area contributed by atoms with Crippen molar-refractivity contribution in [2.75, 3.05) is 5.73 Å². The number of imidazole rings is 1. The lowest BCUT2D eigenvalue weighted by Gasteiger charge is -2.23. The highest BCUT2D eigenvalue weighted by Crippen LogP contribution is 2.34. The summed E-state index contributed by atoms with van der Waals surface area (Å²) in [6, 6.07) is 17.9. The van der Waals surface area contributed by atoms with Crippen LogP contribution in [0.4, 0.5) is 10.3 Å². The molecular formula is C22H17FN4O. The number of halogens is 1. The van der Waals surface area contributed by atoms with Crippen LogP contribution in [-0.4, -0.2) is 20.4 Å². The van der Waals surface area contributed by atoms with Gasteiger partial charge in [0, 0.05) is 17.5 Å². The number of aromatic nitrogens is 3. The molecule has 2 aromatic carbocycles. The first-order chi connectivity index (χ1) is 13.6. The number of benzene rings is 2. The fourth-order valence-electron chi connectivity index (χ4n) is 3.88. The highest BCUT2D eigenvalue weighted by atomic mass is 19.1. The van der Waals surface area contributed by atoms with Crippen molar-refractivity contribution in [3.05, 3.63) is 83.3 Å². The summed E-state index contributed by atoms with van der Waals surface area (Å²) in [6.45, 7) is 0. The van der Waals surface area contributed by atoms with Gasteiger partial charge in [-0.05, 0) is 36.1 Å². The largest absolute Gasteiger partial charge is 0.368 e. The maximum Gasteiger partial charge on any atom is 0.222 e. The molecular weight excluding hydrogens is 355 g/mol. The molecule has 2 heterocycles. The van der Waals surface area contributed by atoms with Crippen LogP contribution in [0.1, 0.15) is 34.0 Å². The van der Waals surface area contributed by atoms with Crippen LogP contribution in [0.2, 0.25) is 0 Å². The maximum atomic E-state index is 13.2. The van der Waals surface area contributed by atoms with Gasteiger partial charge in [-0.3, -0.25) is 4.79 Å². The third-order valence-electron chi connectivity index (χ3n) is 5.29. The molecule has 0 radical (unpaired) electrons. The Morgan fingerprint density at radius 2 is 1.79 bits per heavy atom. The van der Waals surface area contributed by atoms with Gasteiger partial charge in [0.1, 0.15) is 11.5 Å². The van der Waals surface area contributed by atoms with Gasteiger partial charge < -0.3 is 5.73 Å². The Labute approximate surface area is 160 Å². The van der Waals surface area contributed by atoms with Gasteiger partial charge in [-0.15, -0.1) is 0 Å². The number of carbonyl (C=O) groups is 1. The Morgan fingerprint density at radius 3 is 2.54 bits per heavy atom. The smallest absolute Gasteiger partial charge is 0.222 e. The zero-order valence-corrected chi connectivity index (χ0v) is 15.0. The van der Waals surface area contributed by atoms with Gasteiger partial charge in [0.05, 0.1) is 11.2 Å². The van der Waals surface area contributed by atoms with E-state index in [0.717, 1.165) is 16.6 Å². The molecule has 4 aromatic rings. The highest BCUT2D eigenvalue weighted by molar-refractivity contribution is 6.00. The fraction of sp³-hybridized carbons (Fsp3) is 0.136. The molecule has 0 unspecified atom stereocenters. The molecule has 138 valence electrons. The highest BCUT2D eigenvalue weighted by Gasteiger charge is 2.29. The van der Waals surface area contributed by atoms with E-state index in [0.29, 0.717) is 29.8 Å². The first-order valence-corrected chi connectivity index (χ1v) is 9.12. The number of ketones is 1. The molecule has 5 nitrogen and oxygen atoms in total. The molecule has 0 bridgehead atoms. The van der Waals surface area contributed by atoms with Crippen LogP contribution in [0, 0.1) is 5.82 Å². The summed E-state index contributed by atoms with van der Waals surface area (Å²) >= 11 is 0. The minimum Gasteiger partial charge on any atom is -0.368 e. The van der Waals surface area contributed by atoms with E-state index in [4.69, 9.17) is 5.73 Å². The van der Waals surface area contributed by atoms with Gasteiger partial charge in [-0.1, -0.05) is 42.5 Å². The van der Waals surface area contributed by atoms with Crippen LogP contribution in [-0.2, 0) is 6.42 Å². The van der Waals surface area contributed by atoms with Gasteiger partial charge in [-0.2, -0.15) is 9.61 Å². The molecule has 5 rings (SSSR count). The summed E-state index contributed by atoms with van der Waals surface area (Å²) in [6.07, 6.45) is 0.974. The van der Waals surface area contributed by atoms with Crippen molar-refractivity contribution in [1.29, 1.82) is 0 Å². The number of nitrogens with two attached hydrogens (primary N) is 1. The number of hydrogen-bond acceptors (Lipinski definition) is 4. The zero-order chi connectivity index (χ0) is 19.3. The van der Waals surface area contributed by atoms with Crippen LogP contribution in [0.25, 0.3) is 16.8 Å². The lowest BCUT2D eigenvalue weighted by molar-refractivity contribution is 0.0963. The number of nitrogens with zero attached hydrogens (tertiary/aromatic N) is 3. The quantitative estimate of drug-likeness (QED) is 0.577. The predicted molar refractivity (Wildman–Crippen MR) is 105 cm³/mol. The van der Waals surface area contributed by atoms with E-state index >= 15 is 0 Å². The number of anilines is 1. The van der Waals surface area contributed by atoms with Gasteiger partial charge in [0.15, 0.2) is 5.78 Å². The molecule has 2 aromatic heterocycles. The summed E-state index contributed by atoms with van der Waals surface area (Å²) in [5, 5.41) is 4.64. The monoisotopic (exact) mass is 372 g/mol. The minimum atomic E-state index is -0.286. The van der Waals surface area contributed by atoms with Gasteiger partial charge in [0.2, 0.25) is 5.95 Å². The Hall–Kier alpha value is -3.54. The van der Waals surface area contributed by atoms with E-state index in [-0.39, 0.29) is 23.5 Å². The number of carbonyl (C=O) groups excluding carboxylic acids is 1. The number of fused-ring (bicyclic) bond motifs is 2. The van der Waals surface area contributed by atoms with E-state index in [1.807, 2.05) is 36.4 Å². The second kappa shape index (κ2) is 6.27. The molecule has 0 saturated heterocycles. The van der Waals surface area contributed by atoms with Crippen molar-refractivity contribution >= 4 is 17.2 Å². The van der Waals surface area contributed by atoms with Crippen molar-refractivity contribution in [2.24, 2.45) is 0 Å². The van der Waals surface area contributed by atoms with E-state index in [2.05, 4.69) is 10.1 Å². The second-order valence-corrected chi connectivity index (χ2v) is 7.07. The fourth-order valence-corrected chi connectivity index (χ4v) is 3.88. The zero-order valence-electron chi connectivity index (χ0n) is 15.0. The summed E-state index contributed by atoms with van der Waals surface area (Å²) in [4.78, 5) is 17.3. The molecule has 6 heteroatoms. The lowest BCUT2D eigenvalue weighted by atomic mass is 9.82. The number of Topliss-reactive ketones (excluding diaryl/α,β-unsaturated/α-hetero) is 1. The Bertz CT molecular complexity index is 1200. The third kappa shape index (κ3) is 2.65. The standard InChI is InChI=1S/C22H17FN4O/c23-16-8-6-13(7-9-16)15-10-18-17(20(28)11-15)12-19-21(14-4-2-1-3-5-14)25-22(24)27(19)26-18/h1-9,12,15H,10-11H2,(H2,24,25)/t15-/m0/s1. The Balaban J connectivity index is 1.61. The molecule has 2 N–H and O–H groups in total. The number of rotatable bonds is 2. The number of hydrogen-bond donors (Lipinski definition) is 1. The van der Waals surface area contributed by atoms with Gasteiger partial charge >= 0.3 is 0 Å². The molecule has 0 amide bonds. The molecule has 28 heavy (non-hydrogen) atoms. The molecule has 1 aliphatic rings. The van der Waals surface area contributed by atoms with Crippen molar-refractivity contribution in [3.8, 4) is 11.3 Å². The average molecular weight is 372 g/mol. The maximum absolute atomic E-state index is 13.2.